The molecule has 0 spiro atoms. The van der Waals surface area contributed by atoms with Crippen LogP contribution in [0.3, 0.4) is 0 Å². The Bertz CT molecular complexity index is 382. The van der Waals surface area contributed by atoms with Gasteiger partial charge in [0, 0.05) is 24.7 Å². The topological polar surface area (TPSA) is 47.6 Å². The van der Waals surface area contributed by atoms with Gasteiger partial charge in [-0.05, 0) is 18.6 Å². The van der Waals surface area contributed by atoms with Crippen LogP contribution in [0.2, 0.25) is 0 Å². The molecule has 0 saturated heterocycles. The average Bonchev–Trinajstić information content (AvgIpc) is 2.34. The van der Waals surface area contributed by atoms with Gasteiger partial charge in [0.05, 0.1) is 14.2 Å². The molecule has 0 radical (unpaired) electrons. The molecule has 0 aliphatic rings. The Hall–Kier alpha value is -1.78. The first kappa shape index (κ1) is 13.3. The number of ether oxygens (including phenoxy) is 2. The number of methoxy groups -OCH3 is 2. The van der Waals surface area contributed by atoms with E-state index in [1.165, 1.54) is 20.3 Å². The molecule has 1 rings (SSSR count). The fraction of sp³-hybridized carbons (Fsp3) is 0.417. The van der Waals surface area contributed by atoms with E-state index in [-0.39, 0.29) is 11.7 Å². The lowest BCUT2D eigenvalue weighted by Gasteiger charge is -2.07. The molecule has 0 bridgehead atoms. The molecule has 0 saturated carbocycles. The standard InChI is InChI=1S/C12H16FNO3/c1-16-11-6-5-9(8-10(11)13)14-7-3-4-12(15)17-2/h5-6,8,14H,3-4,7H2,1-2H3. The summed E-state index contributed by atoms with van der Waals surface area (Å²) in [4.78, 5) is 10.8. The largest absolute Gasteiger partial charge is 0.494 e. The summed E-state index contributed by atoms with van der Waals surface area (Å²) in [6.07, 6.45) is 0.989. The second-order valence-corrected chi connectivity index (χ2v) is 3.46. The highest BCUT2D eigenvalue weighted by Crippen LogP contribution is 2.20. The Kier molecular flexibility index (Phi) is 5.26. The molecule has 0 amide bonds. The predicted octanol–water partition coefficient (Wildman–Crippen LogP) is 2.20. The Morgan fingerprint density at radius 3 is 2.76 bits per heavy atom. The number of rotatable bonds is 6. The van der Waals surface area contributed by atoms with Crippen LogP contribution in [0.5, 0.6) is 5.75 Å². The Labute approximate surface area is 99.7 Å². The first-order valence-electron chi connectivity index (χ1n) is 5.31. The summed E-state index contributed by atoms with van der Waals surface area (Å²) in [5.41, 5.74) is 0.660. The highest BCUT2D eigenvalue weighted by atomic mass is 19.1. The molecule has 4 nitrogen and oxygen atoms in total. The lowest BCUT2D eigenvalue weighted by Crippen LogP contribution is -2.06. The van der Waals surface area contributed by atoms with Crippen LogP contribution in [0.15, 0.2) is 18.2 Å². The summed E-state index contributed by atoms with van der Waals surface area (Å²) < 4.78 is 22.6. The number of benzene rings is 1. The first-order chi connectivity index (χ1) is 8.17. The minimum Gasteiger partial charge on any atom is -0.494 e. The summed E-state index contributed by atoms with van der Waals surface area (Å²) in [7, 11) is 2.77. The maximum absolute atomic E-state index is 13.3. The van der Waals surface area contributed by atoms with Crippen molar-refractivity contribution in [3.8, 4) is 5.75 Å². The minimum absolute atomic E-state index is 0.213. The number of esters is 1. The fourth-order valence-corrected chi connectivity index (χ4v) is 1.34. The van der Waals surface area contributed by atoms with Gasteiger partial charge in [0.15, 0.2) is 11.6 Å². The fourth-order valence-electron chi connectivity index (χ4n) is 1.34. The monoisotopic (exact) mass is 241 g/mol. The van der Waals surface area contributed by atoms with Gasteiger partial charge in [0.25, 0.3) is 0 Å². The lowest BCUT2D eigenvalue weighted by molar-refractivity contribution is -0.140. The summed E-state index contributed by atoms with van der Waals surface area (Å²) in [6, 6.07) is 4.63. The van der Waals surface area contributed by atoms with Gasteiger partial charge < -0.3 is 14.8 Å². The number of carbonyl (C=O) groups is 1. The number of anilines is 1. The van der Waals surface area contributed by atoms with Gasteiger partial charge >= 0.3 is 5.97 Å². The Morgan fingerprint density at radius 1 is 1.41 bits per heavy atom. The maximum Gasteiger partial charge on any atom is 0.305 e. The third-order valence-corrected chi connectivity index (χ3v) is 2.27. The van der Waals surface area contributed by atoms with Crippen LogP contribution in [0, 0.1) is 5.82 Å². The van der Waals surface area contributed by atoms with E-state index in [0.717, 1.165) is 0 Å². The van der Waals surface area contributed by atoms with Crippen LogP contribution in [0.4, 0.5) is 10.1 Å². The summed E-state index contributed by atoms with van der Waals surface area (Å²) in [6.45, 7) is 0.584. The average molecular weight is 241 g/mol. The van der Waals surface area contributed by atoms with Crippen molar-refractivity contribution < 1.29 is 18.7 Å². The summed E-state index contributed by atoms with van der Waals surface area (Å²) in [5.74, 6) is -0.441. The zero-order valence-corrected chi connectivity index (χ0v) is 9.96. The minimum atomic E-state index is -0.412. The predicted molar refractivity (Wildman–Crippen MR) is 62.7 cm³/mol. The molecule has 0 heterocycles. The molecule has 1 aromatic rings. The van der Waals surface area contributed by atoms with Gasteiger partial charge in [-0.15, -0.1) is 0 Å². The second-order valence-electron chi connectivity index (χ2n) is 3.46. The molecule has 17 heavy (non-hydrogen) atoms. The lowest BCUT2D eigenvalue weighted by atomic mass is 10.2. The Morgan fingerprint density at radius 2 is 2.18 bits per heavy atom. The number of hydrogen-bond acceptors (Lipinski definition) is 4. The second kappa shape index (κ2) is 6.73. The third-order valence-electron chi connectivity index (χ3n) is 2.27. The van der Waals surface area contributed by atoms with Crippen molar-refractivity contribution in [3.05, 3.63) is 24.0 Å². The van der Waals surface area contributed by atoms with Gasteiger partial charge in [-0.1, -0.05) is 0 Å². The molecule has 94 valence electrons. The maximum atomic E-state index is 13.3. The summed E-state index contributed by atoms with van der Waals surface area (Å²) in [5, 5.41) is 3.01. The quantitative estimate of drug-likeness (QED) is 0.612. The van der Waals surface area contributed by atoms with E-state index in [1.54, 1.807) is 12.1 Å². The van der Waals surface area contributed by atoms with Crippen molar-refractivity contribution in [1.82, 2.24) is 0 Å². The SMILES string of the molecule is COC(=O)CCCNc1ccc(OC)c(F)c1. The van der Waals surface area contributed by atoms with Gasteiger partial charge in [-0.2, -0.15) is 0 Å². The van der Waals surface area contributed by atoms with Gasteiger partial charge in [0.1, 0.15) is 0 Å². The highest BCUT2D eigenvalue weighted by Gasteiger charge is 2.03. The molecule has 0 fully saturated rings. The number of halogens is 1. The first-order valence-corrected chi connectivity index (χ1v) is 5.31. The molecular formula is C12H16FNO3. The van der Waals surface area contributed by atoms with Crippen molar-refractivity contribution in [2.75, 3.05) is 26.1 Å². The molecule has 1 aromatic carbocycles. The van der Waals surface area contributed by atoms with Crippen molar-refractivity contribution in [1.29, 1.82) is 0 Å². The third kappa shape index (κ3) is 4.30. The van der Waals surface area contributed by atoms with E-state index in [4.69, 9.17) is 4.74 Å². The molecule has 5 heteroatoms. The van der Waals surface area contributed by atoms with Crippen LogP contribution in [0.25, 0.3) is 0 Å². The van der Waals surface area contributed by atoms with E-state index in [9.17, 15) is 9.18 Å². The molecule has 0 aliphatic carbocycles. The van der Waals surface area contributed by atoms with Crippen molar-refractivity contribution >= 4 is 11.7 Å². The van der Waals surface area contributed by atoms with Gasteiger partial charge in [0.2, 0.25) is 0 Å². The van der Waals surface area contributed by atoms with Crippen molar-refractivity contribution in [3.63, 3.8) is 0 Å². The van der Waals surface area contributed by atoms with E-state index in [1.807, 2.05) is 0 Å². The number of carbonyl (C=O) groups excluding carboxylic acids is 1. The zero-order chi connectivity index (χ0) is 12.7. The van der Waals surface area contributed by atoms with E-state index in [0.29, 0.717) is 25.1 Å². The van der Waals surface area contributed by atoms with Crippen LogP contribution in [0.1, 0.15) is 12.8 Å². The van der Waals surface area contributed by atoms with Crippen molar-refractivity contribution in [2.24, 2.45) is 0 Å². The van der Waals surface area contributed by atoms with E-state index >= 15 is 0 Å². The number of nitrogens with one attached hydrogen (secondary N) is 1. The van der Waals surface area contributed by atoms with Crippen LogP contribution >= 0.6 is 0 Å². The van der Waals surface area contributed by atoms with Crippen LogP contribution in [-0.4, -0.2) is 26.7 Å². The van der Waals surface area contributed by atoms with Gasteiger partial charge in [-0.3, -0.25) is 4.79 Å². The normalized spacial score (nSPS) is 9.82. The van der Waals surface area contributed by atoms with E-state index < -0.39 is 5.82 Å². The Balaban J connectivity index is 2.37. The van der Waals surface area contributed by atoms with E-state index in [2.05, 4.69) is 10.1 Å². The molecule has 0 atom stereocenters. The van der Waals surface area contributed by atoms with Crippen LogP contribution in [-0.2, 0) is 9.53 Å². The molecule has 0 unspecified atom stereocenters. The van der Waals surface area contributed by atoms with Crippen LogP contribution < -0.4 is 10.1 Å². The molecular weight excluding hydrogens is 225 g/mol. The molecule has 0 aromatic heterocycles. The summed E-state index contributed by atoms with van der Waals surface area (Å²) >= 11 is 0. The number of hydrogen-bond donors (Lipinski definition) is 1. The van der Waals surface area contributed by atoms with Gasteiger partial charge in [-0.25, -0.2) is 4.39 Å². The molecule has 1 N–H and O–H groups in total. The smallest absolute Gasteiger partial charge is 0.305 e. The molecule has 0 aliphatic heterocycles. The zero-order valence-electron chi connectivity index (χ0n) is 9.96. The van der Waals surface area contributed by atoms with Crippen molar-refractivity contribution in [2.45, 2.75) is 12.8 Å². The highest BCUT2D eigenvalue weighted by molar-refractivity contribution is 5.69.